The van der Waals surface area contributed by atoms with Crippen molar-refractivity contribution in [3.63, 3.8) is 0 Å². The summed E-state index contributed by atoms with van der Waals surface area (Å²) in [5.74, 6) is 0. The van der Waals surface area contributed by atoms with E-state index in [1.165, 1.54) is 22.5 Å². The van der Waals surface area contributed by atoms with Gasteiger partial charge in [-0.1, -0.05) is 23.8 Å². The number of benzene rings is 2. The molecule has 0 saturated carbocycles. The van der Waals surface area contributed by atoms with Crippen molar-refractivity contribution in [2.75, 3.05) is 23.4 Å². The Morgan fingerprint density at radius 3 is 2.64 bits per heavy atom. The van der Waals surface area contributed by atoms with Gasteiger partial charge in [0.05, 0.1) is 17.0 Å². The Hall–Kier alpha value is -3.45. The molecular formula is C26H28N4O2S. The number of hydrogen-bond donors (Lipinski definition) is 1. The first-order valence-corrected chi connectivity index (χ1v) is 11.9. The summed E-state index contributed by atoms with van der Waals surface area (Å²) in [6.45, 7) is 11.9. The average Bonchev–Trinajstić information content (AvgIpc) is 3.26. The monoisotopic (exact) mass is 460 g/mol. The maximum Gasteiger partial charge on any atom is 0.345 e. The van der Waals surface area contributed by atoms with Crippen LogP contribution in [0.2, 0.25) is 0 Å². The lowest BCUT2D eigenvalue weighted by molar-refractivity contribution is 0.559. The molecule has 0 aliphatic carbocycles. The summed E-state index contributed by atoms with van der Waals surface area (Å²) >= 11 is 1.47. The van der Waals surface area contributed by atoms with Gasteiger partial charge in [0.25, 0.3) is 0 Å². The summed E-state index contributed by atoms with van der Waals surface area (Å²) < 4.78 is 5.63. The van der Waals surface area contributed by atoms with Crippen LogP contribution in [0, 0.1) is 13.8 Å². The lowest BCUT2D eigenvalue weighted by Crippen LogP contribution is -2.21. The zero-order valence-corrected chi connectivity index (χ0v) is 20.4. The molecule has 0 fully saturated rings. The van der Waals surface area contributed by atoms with Gasteiger partial charge in [-0.05, 0) is 58.4 Å². The number of fused-ring (bicyclic) bond motifs is 1. The van der Waals surface area contributed by atoms with Crippen LogP contribution in [0.5, 0.6) is 0 Å². The minimum absolute atomic E-state index is 0.405. The van der Waals surface area contributed by atoms with Crippen LogP contribution < -0.4 is 16.0 Å². The highest BCUT2D eigenvalue weighted by Crippen LogP contribution is 2.28. The maximum absolute atomic E-state index is 12.7. The first-order chi connectivity index (χ1) is 15.9. The summed E-state index contributed by atoms with van der Waals surface area (Å²) in [5.41, 5.74) is 9.59. The second-order valence-corrected chi connectivity index (χ2v) is 8.87. The van der Waals surface area contributed by atoms with Gasteiger partial charge in [0.2, 0.25) is 5.13 Å². The predicted molar refractivity (Wildman–Crippen MR) is 139 cm³/mol. The van der Waals surface area contributed by atoms with Gasteiger partial charge in [-0.15, -0.1) is 11.3 Å². The lowest BCUT2D eigenvalue weighted by Gasteiger charge is -2.21. The third kappa shape index (κ3) is 4.83. The summed E-state index contributed by atoms with van der Waals surface area (Å²) in [6, 6.07) is 14.1. The molecule has 0 unspecified atom stereocenters. The molecule has 7 heteroatoms. The second kappa shape index (κ2) is 9.58. The van der Waals surface area contributed by atoms with Crippen molar-refractivity contribution in [1.82, 2.24) is 4.98 Å². The van der Waals surface area contributed by atoms with E-state index in [1.54, 1.807) is 6.92 Å². The van der Waals surface area contributed by atoms with Gasteiger partial charge in [0.1, 0.15) is 5.58 Å². The molecule has 0 saturated heterocycles. The van der Waals surface area contributed by atoms with Crippen LogP contribution in [0.4, 0.5) is 10.8 Å². The Kier molecular flexibility index (Phi) is 6.60. The molecule has 2 heterocycles. The van der Waals surface area contributed by atoms with Crippen LogP contribution in [0.1, 0.15) is 37.5 Å². The molecule has 0 amide bonds. The molecule has 0 atom stereocenters. The van der Waals surface area contributed by atoms with Crippen molar-refractivity contribution in [2.45, 2.75) is 34.6 Å². The Labute approximate surface area is 197 Å². The Bertz CT molecular complexity index is 1380. The van der Waals surface area contributed by atoms with Gasteiger partial charge in [0, 0.05) is 41.2 Å². The molecule has 4 rings (SSSR count). The summed E-state index contributed by atoms with van der Waals surface area (Å²) in [5, 5.41) is 7.92. The summed E-state index contributed by atoms with van der Waals surface area (Å²) in [4.78, 5) is 19.5. The van der Waals surface area contributed by atoms with E-state index in [4.69, 9.17) is 4.42 Å². The molecule has 1 N–H and O–H groups in total. The predicted octanol–water partition coefficient (Wildman–Crippen LogP) is 6.22. The molecule has 0 bridgehead atoms. The summed E-state index contributed by atoms with van der Waals surface area (Å²) in [7, 11) is 0. The SMILES string of the molecule is CCN(CC)c1ccc2cc(/C(C)=N/Nc3nc(-c4ccc(C)cc4C)cs3)c(=O)oc2c1. The average molecular weight is 461 g/mol. The molecule has 0 radical (unpaired) electrons. The first kappa shape index (κ1) is 22.7. The third-order valence-electron chi connectivity index (χ3n) is 5.72. The number of aryl methyl sites for hydroxylation is 2. The highest BCUT2D eigenvalue weighted by Gasteiger charge is 2.12. The number of rotatable bonds is 7. The van der Waals surface area contributed by atoms with E-state index in [0.717, 1.165) is 35.4 Å². The van der Waals surface area contributed by atoms with E-state index in [1.807, 2.05) is 29.6 Å². The van der Waals surface area contributed by atoms with E-state index in [-0.39, 0.29) is 0 Å². The Balaban J connectivity index is 1.57. The Morgan fingerprint density at radius 2 is 1.91 bits per heavy atom. The fourth-order valence-electron chi connectivity index (χ4n) is 3.88. The fraction of sp³-hybridized carbons (Fsp3) is 0.269. The van der Waals surface area contributed by atoms with Gasteiger partial charge < -0.3 is 9.32 Å². The van der Waals surface area contributed by atoms with Gasteiger partial charge in [-0.3, -0.25) is 5.43 Å². The molecule has 0 aliphatic rings. The minimum Gasteiger partial charge on any atom is -0.422 e. The standard InChI is InChI=1S/C26H28N4O2S/c1-6-30(7-2)20-10-9-19-13-22(25(31)32-24(19)14-20)18(5)28-29-26-27-23(15-33-26)21-11-8-16(3)12-17(21)4/h8-15H,6-7H2,1-5H3,(H,27,29)/b28-18+. The molecular weight excluding hydrogens is 432 g/mol. The molecule has 4 aromatic rings. The maximum atomic E-state index is 12.7. The number of nitrogens with one attached hydrogen (secondary N) is 1. The van der Waals surface area contributed by atoms with E-state index in [9.17, 15) is 4.79 Å². The van der Waals surface area contributed by atoms with Crippen LogP contribution in [0.3, 0.4) is 0 Å². The van der Waals surface area contributed by atoms with Crippen molar-refractivity contribution in [2.24, 2.45) is 5.10 Å². The first-order valence-electron chi connectivity index (χ1n) is 11.1. The van der Waals surface area contributed by atoms with Crippen LogP contribution in [0.25, 0.3) is 22.2 Å². The van der Waals surface area contributed by atoms with E-state index in [2.05, 4.69) is 66.3 Å². The van der Waals surface area contributed by atoms with Crippen LogP contribution in [-0.4, -0.2) is 23.8 Å². The summed E-state index contributed by atoms with van der Waals surface area (Å²) in [6.07, 6.45) is 0. The topological polar surface area (TPSA) is 70.7 Å². The van der Waals surface area contributed by atoms with Gasteiger partial charge >= 0.3 is 5.63 Å². The Morgan fingerprint density at radius 1 is 1.12 bits per heavy atom. The highest BCUT2D eigenvalue weighted by molar-refractivity contribution is 7.14. The number of hydrogen-bond acceptors (Lipinski definition) is 7. The van der Waals surface area contributed by atoms with Crippen molar-refractivity contribution < 1.29 is 4.42 Å². The third-order valence-corrected chi connectivity index (χ3v) is 6.47. The van der Waals surface area contributed by atoms with E-state index >= 15 is 0 Å². The number of aromatic nitrogens is 1. The molecule has 2 aromatic carbocycles. The zero-order chi connectivity index (χ0) is 23.5. The minimum atomic E-state index is -0.405. The van der Waals surface area contributed by atoms with E-state index in [0.29, 0.717) is 22.0 Å². The number of hydrazone groups is 1. The molecule has 0 spiro atoms. The van der Waals surface area contributed by atoms with Crippen molar-refractivity contribution in [3.8, 4) is 11.3 Å². The quantitative estimate of drug-likeness (QED) is 0.201. The van der Waals surface area contributed by atoms with Crippen molar-refractivity contribution in [1.29, 1.82) is 0 Å². The van der Waals surface area contributed by atoms with Crippen LogP contribution in [0.15, 0.2) is 62.2 Å². The molecule has 6 nitrogen and oxygen atoms in total. The van der Waals surface area contributed by atoms with Crippen molar-refractivity contribution >= 4 is 38.8 Å². The van der Waals surface area contributed by atoms with Crippen molar-refractivity contribution in [3.05, 3.63) is 75.0 Å². The number of anilines is 2. The largest absolute Gasteiger partial charge is 0.422 e. The smallest absolute Gasteiger partial charge is 0.345 e. The molecule has 170 valence electrons. The second-order valence-electron chi connectivity index (χ2n) is 8.01. The molecule has 2 aromatic heterocycles. The number of thiazole rings is 1. The van der Waals surface area contributed by atoms with Gasteiger partial charge in [-0.2, -0.15) is 5.10 Å². The number of nitrogens with zero attached hydrogens (tertiary/aromatic N) is 3. The molecule has 33 heavy (non-hydrogen) atoms. The van der Waals surface area contributed by atoms with Gasteiger partial charge in [0.15, 0.2) is 0 Å². The lowest BCUT2D eigenvalue weighted by atomic mass is 10.0. The van der Waals surface area contributed by atoms with Crippen LogP contribution in [-0.2, 0) is 0 Å². The highest BCUT2D eigenvalue weighted by atomic mass is 32.1. The van der Waals surface area contributed by atoms with Crippen LogP contribution >= 0.6 is 11.3 Å². The van der Waals surface area contributed by atoms with Gasteiger partial charge in [-0.25, -0.2) is 9.78 Å². The fourth-order valence-corrected chi connectivity index (χ4v) is 4.53. The molecule has 0 aliphatic heterocycles. The normalized spacial score (nSPS) is 11.7. The zero-order valence-electron chi connectivity index (χ0n) is 19.6. The van der Waals surface area contributed by atoms with E-state index < -0.39 is 5.63 Å².